The maximum absolute atomic E-state index is 12.0. The predicted octanol–water partition coefficient (Wildman–Crippen LogP) is -0.338. The fourth-order valence-corrected chi connectivity index (χ4v) is 3.21. The van der Waals surface area contributed by atoms with E-state index in [1.54, 1.807) is 32.5 Å². The van der Waals surface area contributed by atoms with Crippen molar-refractivity contribution in [3.05, 3.63) is 11.4 Å². The zero-order valence-electron chi connectivity index (χ0n) is 9.98. The third kappa shape index (κ3) is 2.42. The normalized spacial score (nSPS) is 14.1. The van der Waals surface area contributed by atoms with Gasteiger partial charge in [-0.25, -0.2) is 13.1 Å². The first-order valence-electron chi connectivity index (χ1n) is 5.02. The maximum atomic E-state index is 12.0. The number of nitrogens with one attached hydrogen (secondary N) is 1. The van der Waals surface area contributed by atoms with Crippen molar-refractivity contribution in [1.29, 1.82) is 0 Å². The topological polar surface area (TPSA) is 90.0 Å². The Balaban J connectivity index is 3.17. The Kier molecular flexibility index (Phi) is 3.72. The van der Waals surface area contributed by atoms with Gasteiger partial charge in [0.1, 0.15) is 4.90 Å². The van der Waals surface area contributed by atoms with Crippen LogP contribution < -0.4 is 10.5 Å². The summed E-state index contributed by atoms with van der Waals surface area (Å²) in [5.74, 6) is 0. The molecule has 1 aromatic heterocycles. The van der Waals surface area contributed by atoms with E-state index in [1.807, 2.05) is 0 Å². The molecule has 1 heterocycles. The molecule has 3 N–H and O–H groups in total. The summed E-state index contributed by atoms with van der Waals surface area (Å²) in [6.07, 6.45) is 0. The van der Waals surface area contributed by atoms with E-state index in [9.17, 15) is 8.42 Å². The summed E-state index contributed by atoms with van der Waals surface area (Å²) in [5.41, 5.74) is 6.51. The summed E-state index contributed by atoms with van der Waals surface area (Å²) in [5, 5.41) is 4.08. The van der Waals surface area contributed by atoms with Gasteiger partial charge >= 0.3 is 0 Å². The molecular weight excluding hydrogens is 228 g/mol. The second-order valence-corrected chi connectivity index (χ2v) is 5.53. The monoisotopic (exact) mass is 246 g/mol. The van der Waals surface area contributed by atoms with E-state index >= 15 is 0 Å². The van der Waals surface area contributed by atoms with Crippen molar-refractivity contribution in [2.24, 2.45) is 12.8 Å². The van der Waals surface area contributed by atoms with Crippen LogP contribution in [0, 0.1) is 13.8 Å². The minimum atomic E-state index is -3.53. The molecule has 0 fully saturated rings. The molecule has 0 aromatic carbocycles. The van der Waals surface area contributed by atoms with E-state index < -0.39 is 10.0 Å². The van der Waals surface area contributed by atoms with Crippen LogP contribution in [0.4, 0.5) is 0 Å². The number of nitrogens with zero attached hydrogens (tertiary/aromatic N) is 2. The molecule has 7 heteroatoms. The van der Waals surface area contributed by atoms with Gasteiger partial charge in [-0.3, -0.25) is 4.68 Å². The lowest BCUT2D eigenvalue weighted by Gasteiger charge is -2.12. The molecule has 92 valence electrons. The van der Waals surface area contributed by atoms with Gasteiger partial charge in [0.25, 0.3) is 0 Å². The van der Waals surface area contributed by atoms with Crippen LogP contribution in [0.5, 0.6) is 0 Å². The number of aryl methyl sites for hydroxylation is 2. The van der Waals surface area contributed by atoms with Crippen molar-refractivity contribution in [1.82, 2.24) is 14.5 Å². The minimum Gasteiger partial charge on any atom is -0.329 e. The number of nitrogens with two attached hydrogens (primary N) is 1. The summed E-state index contributed by atoms with van der Waals surface area (Å²) < 4.78 is 28.1. The molecule has 1 rings (SSSR count). The summed E-state index contributed by atoms with van der Waals surface area (Å²) in [7, 11) is -1.81. The molecule has 0 saturated heterocycles. The van der Waals surface area contributed by atoms with E-state index in [0.717, 1.165) is 0 Å². The first kappa shape index (κ1) is 13.1. The number of hydrogen-bond donors (Lipinski definition) is 2. The molecule has 16 heavy (non-hydrogen) atoms. The zero-order chi connectivity index (χ0) is 12.5. The Morgan fingerprint density at radius 3 is 2.44 bits per heavy atom. The zero-order valence-corrected chi connectivity index (χ0v) is 10.8. The van der Waals surface area contributed by atoms with Gasteiger partial charge in [-0.2, -0.15) is 5.10 Å². The molecule has 0 aliphatic rings. The van der Waals surface area contributed by atoms with Crippen LogP contribution in [-0.4, -0.2) is 30.8 Å². The van der Waals surface area contributed by atoms with E-state index in [4.69, 9.17) is 5.73 Å². The molecular formula is C9H18N4O2S. The summed E-state index contributed by atoms with van der Waals surface area (Å²) in [4.78, 5) is 0.246. The number of sulfonamides is 1. The van der Waals surface area contributed by atoms with Gasteiger partial charge in [-0.05, 0) is 20.8 Å². The third-order valence-corrected chi connectivity index (χ3v) is 4.26. The molecule has 0 saturated carbocycles. The first-order valence-corrected chi connectivity index (χ1v) is 6.50. The van der Waals surface area contributed by atoms with E-state index in [-0.39, 0.29) is 17.5 Å². The minimum absolute atomic E-state index is 0.246. The Bertz CT molecular complexity index is 478. The highest BCUT2D eigenvalue weighted by molar-refractivity contribution is 7.89. The van der Waals surface area contributed by atoms with Crippen molar-refractivity contribution in [2.45, 2.75) is 31.7 Å². The molecule has 6 nitrogen and oxygen atoms in total. The SMILES string of the molecule is Cc1nn(C)c(C)c1S(=O)(=O)N[C@@H](C)CN. The second-order valence-electron chi connectivity index (χ2n) is 3.88. The van der Waals surface area contributed by atoms with Crippen molar-refractivity contribution >= 4 is 10.0 Å². The molecule has 0 amide bonds. The molecule has 1 aromatic rings. The van der Waals surface area contributed by atoms with Crippen LogP contribution in [0.25, 0.3) is 0 Å². The number of hydrogen-bond acceptors (Lipinski definition) is 4. The van der Waals surface area contributed by atoms with Gasteiger partial charge in [0.15, 0.2) is 0 Å². The number of aromatic nitrogens is 2. The molecule has 0 unspecified atom stereocenters. The van der Waals surface area contributed by atoms with Crippen LogP contribution in [0.1, 0.15) is 18.3 Å². The fraction of sp³-hybridized carbons (Fsp3) is 0.667. The molecule has 0 radical (unpaired) electrons. The highest BCUT2D eigenvalue weighted by Gasteiger charge is 2.24. The summed E-state index contributed by atoms with van der Waals surface area (Å²) in [6, 6.07) is -0.288. The lowest BCUT2D eigenvalue weighted by molar-refractivity contribution is 0.561. The van der Waals surface area contributed by atoms with Crippen molar-refractivity contribution in [3.8, 4) is 0 Å². The van der Waals surface area contributed by atoms with Gasteiger partial charge in [0, 0.05) is 19.6 Å². The second kappa shape index (κ2) is 4.52. The van der Waals surface area contributed by atoms with Crippen LogP contribution in [-0.2, 0) is 17.1 Å². The van der Waals surface area contributed by atoms with E-state index in [1.165, 1.54) is 0 Å². The van der Waals surface area contributed by atoms with Gasteiger partial charge < -0.3 is 5.73 Å². The lowest BCUT2D eigenvalue weighted by atomic mass is 10.4. The Hall–Kier alpha value is -0.920. The van der Waals surface area contributed by atoms with Gasteiger partial charge in [0.2, 0.25) is 10.0 Å². The highest BCUT2D eigenvalue weighted by atomic mass is 32.2. The van der Waals surface area contributed by atoms with Crippen LogP contribution in [0.15, 0.2) is 4.90 Å². The average Bonchev–Trinajstić information content (AvgIpc) is 2.40. The van der Waals surface area contributed by atoms with E-state index in [2.05, 4.69) is 9.82 Å². The quantitative estimate of drug-likeness (QED) is 0.760. The smallest absolute Gasteiger partial charge is 0.244 e. The van der Waals surface area contributed by atoms with E-state index in [0.29, 0.717) is 11.4 Å². The Morgan fingerprint density at radius 1 is 1.50 bits per heavy atom. The molecule has 0 spiro atoms. The van der Waals surface area contributed by atoms with Gasteiger partial charge in [0.05, 0.1) is 11.4 Å². The van der Waals surface area contributed by atoms with Crippen molar-refractivity contribution in [2.75, 3.05) is 6.54 Å². The molecule has 0 aliphatic heterocycles. The fourth-order valence-electron chi connectivity index (χ4n) is 1.51. The van der Waals surface area contributed by atoms with Gasteiger partial charge in [-0.1, -0.05) is 0 Å². The maximum Gasteiger partial charge on any atom is 0.244 e. The van der Waals surface area contributed by atoms with Crippen LogP contribution in [0.2, 0.25) is 0 Å². The molecule has 1 atom stereocenters. The number of rotatable bonds is 4. The van der Waals surface area contributed by atoms with Crippen molar-refractivity contribution in [3.63, 3.8) is 0 Å². The van der Waals surface area contributed by atoms with Crippen LogP contribution >= 0.6 is 0 Å². The summed E-state index contributed by atoms with van der Waals surface area (Å²) >= 11 is 0. The average molecular weight is 246 g/mol. The van der Waals surface area contributed by atoms with Gasteiger partial charge in [-0.15, -0.1) is 0 Å². The largest absolute Gasteiger partial charge is 0.329 e. The van der Waals surface area contributed by atoms with Crippen LogP contribution in [0.3, 0.4) is 0 Å². The van der Waals surface area contributed by atoms with Crippen molar-refractivity contribution < 1.29 is 8.42 Å². The highest BCUT2D eigenvalue weighted by Crippen LogP contribution is 2.18. The third-order valence-electron chi connectivity index (χ3n) is 2.42. The molecule has 0 aliphatic carbocycles. The standard InChI is InChI=1S/C9H18N4O2S/c1-6(5-10)12-16(14,15)9-7(2)11-13(4)8(9)3/h6,12H,5,10H2,1-4H3/t6-/m0/s1. The Labute approximate surface area is 95.9 Å². The summed E-state index contributed by atoms with van der Waals surface area (Å²) in [6.45, 7) is 5.38. The first-order chi connectivity index (χ1) is 7.29. The molecule has 0 bridgehead atoms. The predicted molar refractivity (Wildman–Crippen MR) is 61.5 cm³/mol. The lowest BCUT2D eigenvalue weighted by Crippen LogP contribution is -2.38. The Morgan fingerprint density at radius 2 is 2.06 bits per heavy atom.